The minimum absolute atomic E-state index is 0.0245. The van der Waals surface area contributed by atoms with E-state index < -0.39 is 34.1 Å². The highest BCUT2D eigenvalue weighted by molar-refractivity contribution is 7.89. The number of primary sulfonamides is 1. The second-order valence-corrected chi connectivity index (χ2v) is 8.97. The third-order valence-electron chi connectivity index (χ3n) is 4.68. The molecular formula is C19H14Cl2F2N6O5S. The average Bonchev–Trinajstić information content (AvgIpc) is 3.20. The summed E-state index contributed by atoms with van der Waals surface area (Å²) in [6.07, 6.45) is 3.85. The highest BCUT2D eigenvalue weighted by atomic mass is 35.5. The summed E-state index contributed by atoms with van der Waals surface area (Å²) in [5.74, 6) is -1.63. The molecule has 3 heterocycles. The van der Waals surface area contributed by atoms with E-state index in [0.717, 1.165) is 20.4 Å². The predicted molar refractivity (Wildman–Crippen MR) is 121 cm³/mol. The highest BCUT2D eigenvalue weighted by Crippen LogP contribution is 2.42. The van der Waals surface area contributed by atoms with Crippen molar-refractivity contribution >= 4 is 44.1 Å². The van der Waals surface area contributed by atoms with Crippen LogP contribution in [0.25, 0.3) is 28.1 Å². The van der Waals surface area contributed by atoms with Gasteiger partial charge in [-0.15, -0.1) is 0 Å². The molecule has 2 N–H and O–H groups in total. The molecule has 1 aromatic carbocycles. The van der Waals surface area contributed by atoms with Crippen LogP contribution in [0.1, 0.15) is 0 Å². The van der Waals surface area contributed by atoms with Gasteiger partial charge in [-0.2, -0.15) is 18.7 Å². The molecule has 0 aliphatic heterocycles. The molecule has 0 atom stereocenters. The van der Waals surface area contributed by atoms with E-state index >= 15 is 0 Å². The Labute approximate surface area is 206 Å². The second kappa shape index (κ2) is 9.37. The maximum atomic E-state index is 12.9. The first-order chi connectivity index (χ1) is 16.6. The zero-order chi connectivity index (χ0) is 25.5. The van der Waals surface area contributed by atoms with E-state index in [-0.39, 0.29) is 43.2 Å². The Morgan fingerprint density at radius 2 is 1.69 bits per heavy atom. The number of aromatic nitrogens is 5. The first-order valence-corrected chi connectivity index (χ1v) is 11.7. The molecule has 0 aliphatic rings. The Balaban J connectivity index is 2.14. The van der Waals surface area contributed by atoms with E-state index in [1.807, 2.05) is 0 Å². The molecule has 0 radical (unpaired) electrons. The van der Waals surface area contributed by atoms with Gasteiger partial charge in [0.25, 0.3) is 11.8 Å². The molecule has 4 rings (SSSR count). The lowest BCUT2D eigenvalue weighted by atomic mass is 10.1. The van der Waals surface area contributed by atoms with Gasteiger partial charge in [0.15, 0.2) is 5.15 Å². The largest absolute Gasteiger partial charge is 0.478 e. The van der Waals surface area contributed by atoms with Gasteiger partial charge in [-0.05, 0) is 12.1 Å². The van der Waals surface area contributed by atoms with E-state index in [2.05, 4.69) is 24.7 Å². The van der Waals surface area contributed by atoms with E-state index in [9.17, 15) is 17.2 Å². The van der Waals surface area contributed by atoms with Crippen LogP contribution in [0.4, 0.5) is 8.78 Å². The van der Waals surface area contributed by atoms with Gasteiger partial charge < -0.3 is 14.2 Å². The van der Waals surface area contributed by atoms with Crippen molar-refractivity contribution in [2.45, 2.75) is 11.5 Å². The van der Waals surface area contributed by atoms with Gasteiger partial charge in [-0.1, -0.05) is 23.2 Å². The van der Waals surface area contributed by atoms with Crippen molar-refractivity contribution in [2.75, 3.05) is 14.2 Å². The zero-order valence-corrected chi connectivity index (χ0v) is 20.1. The van der Waals surface area contributed by atoms with Crippen molar-refractivity contribution in [2.24, 2.45) is 5.14 Å². The summed E-state index contributed by atoms with van der Waals surface area (Å²) in [7, 11) is -1.95. The van der Waals surface area contributed by atoms with Crippen molar-refractivity contribution in [1.82, 2.24) is 24.5 Å². The second-order valence-electron chi connectivity index (χ2n) is 6.67. The number of methoxy groups -OCH3 is 2. The SMILES string of the molecule is COc1nc(-n2cc(S(N)(=O)=O)c3ccc(Cl)c(-c4nccnc4Cl)c32)nc(OC)c1OC(F)F. The number of nitrogens with zero attached hydrogens (tertiary/aromatic N) is 5. The summed E-state index contributed by atoms with van der Waals surface area (Å²) in [6, 6.07) is 2.86. The van der Waals surface area contributed by atoms with Crippen LogP contribution >= 0.6 is 23.2 Å². The Morgan fingerprint density at radius 3 is 2.23 bits per heavy atom. The number of rotatable bonds is 7. The number of hydrogen-bond donors (Lipinski definition) is 1. The monoisotopic (exact) mass is 546 g/mol. The van der Waals surface area contributed by atoms with Crippen LogP contribution in [0.3, 0.4) is 0 Å². The summed E-state index contributed by atoms with van der Waals surface area (Å²) in [6.45, 7) is -3.22. The fraction of sp³-hybridized carbons (Fsp3) is 0.158. The van der Waals surface area contributed by atoms with Crippen molar-refractivity contribution in [3.63, 3.8) is 0 Å². The molecule has 16 heteroatoms. The number of benzene rings is 1. The number of sulfonamides is 1. The normalized spacial score (nSPS) is 11.8. The number of nitrogens with two attached hydrogens (primary N) is 1. The number of fused-ring (bicyclic) bond motifs is 1. The van der Waals surface area contributed by atoms with E-state index in [1.165, 1.54) is 29.1 Å². The number of halogens is 4. The summed E-state index contributed by atoms with van der Waals surface area (Å²) >= 11 is 12.7. The maximum Gasteiger partial charge on any atom is 0.387 e. The minimum Gasteiger partial charge on any atom is -0.478 e. The van der Waals surface area contributed by atoms with Crippen LogP contribution in [-0.4, -0.2) is 53.8 Å². The molecule has 0 unspecified atom stereocenters. The Kier molecular flexibility index (Phi) is 6.64. The zero-order valence-electron chi connectivity index (χ0n) is 17.7. The lowest BCUT2D eigenvalue weighted by molar-refractivity contribution is -0.0534. The van der Waals surface area contributed by atoms with Crippen molar-refractivity contribution in [3.8, 4) is 34.7 Å². The lowest BCUT2D eigenvalue weighted by Gasteiger charge is -2.15. The van der Waals surface area contributed by atoms with Crippen LogP contribution in [0.15, 0.2) is 35.6 Å². The quantitative estimate of drug-likeness (QED) is 0.368. The fourth-order valence-electron chi connectivity index (χ4n) is 3.34. The molecule has 0 saturated carbocycles. The lowest BCUT2D eigenvalue weighted by Crippen LogP contribution is -2.12. The molecular weight excluding hydrogens is 533 g/mol. The molecule has 3 aromatic heterocycles. The molecule has 0 spiro atoms. The van der Waals surface area contributed by atoms with E-state index in [4.69, 9.17) is 37.8 Å². The van der Waals surface area contributed by atoms with Crippen LogP contribution in [0, 0.1) is 0 Å². The van der Waals surface area contributed by atoms with Gasteiger partial charge in [0, 0.05) is 29.5 Å². The summed E-state index contributed by atoms with van der Waals surface area (Å²) < 4.78 is 66.4. The van der Waals surface area contributed by atoms with Gasteiger partial charge in [0.05, 0.1) is 24.8 Å². The molecule has 0 saturated heterocycles. The Morgan fingerprint density at radius 1 is 1.06 bits per heavy atom. The smallest absolute Gasteiger partial charge is 0.387 e. The van der Waals surface area contributed by atoms with Crippen molar-refractivity contribution in [3.05, 3.63) is 40.9 Å². The van der Waals surface area contributed by atoms with Gasteiger partial charge in [0.1, 0.15) is 10.6 Å². The molecule has 0 fully saturated rings. The van der Waals surface area contributed by atoms with E-state index in [0.29, 0.717) is 0 Å². The standard InChI is InChI=1S/C19H14Cl2F2N6O5S/c1-32-16-14(34-18(22)23)17(33-2)28-19(27-16)29-7-10(35(24,30)31)8-3-4-9(20)11(13(8)29)12-15(21)26-6-5-25-12/h3-7,18H,1-2H3,(H2,24,30,31). The molecule has 4 aromatic rings. The molecule has 11 nitrogen and oxygen atoms in total. The van der Waals surface area contributed by atoms with Gasteiger partial charge in [-0.25, -0.2) is 18.5 Å². The third-order valence-corrected chi connectivity index (χ3v) is 6.21. The molecule has 0 bridgehead atoms. The van der Waals surface area contributed by atoms with Crippen LogP contribution in [0.5, 0.6) is 17.5 Å². The van der Waals surface area contributed by atoms with E-state index in [1.54, 1.807) is 0 Å². The third kappa shape index (κ3) is 4.52. The molecule has 0 aliphatic carbocycles. The topological polar surface area (TPSA) is 144 Å². The van der Waals surface area contributed by atoms with Crippen LogP contribution in [-0.2, 0) is 10.0 Å². The van der Waals surface area contributed by atoms with Crippen molar-refractivity contribution in [1.29, 1.82) is 0 Å². The molecule has 0 amide bonds. The Hall–Kier alpha value is -3.33. The number of hydrogen-bond acceptors (Lipinski definition) is 9. The van der Waals surface area contributed by atoms with Crippen LogP contribution in [0.2, 0.25) is 10.2 Å². The number of alkyl halides is 2. The molecule has 35 heavy (non-hydrogen) atoms. The van der Waals surface area contributed by atoms with Gasteiger partial charge in [-0.3, -0.25) is 9.55 Å². The average molecular weight is 547 g/mol. The summed E-state index contributed by atoms with van der Waals surface area (Å²) in [5.41, 5.74) is 0.448. The summed E-state index contributed by atoms with van der Waals surface area (Å²) in [4.78, 5) is 16.1. The fourth-order valence-corrected chi connectivity index (χ4v) is 4.50. The Bertz CT molecular complexity index is 1530. The van der Waals surface area contributed by atoms with Crippen LogP contribution < -0.4 is 19.3 Å². The van der Waals surface area contributed by atoms with Gasteiger partial charge >= 0.3 is 6.61 Å². The molecule has 184 valence electrons. The maximum absolute atomic E-state index is 12.9. The summed E-state index contributed by atoms with van der Waals surface area (Å²) in [5, 5.41) is 5.68. The first-order valence-electron chi connectivity index (χ1n) is 9.35. The van der Waals surface area contributed by atoms with Crippen molar-refractivity contribution < 1.29 is 31.4 Å². The number of ether oxygens (including phenoxy) is 3. The first kappa shape index (κ1) is 24.8. The predicted octanol–water partition coefficient (Wildman–Crippen LogP) is 3.45. The van der Waals surface area contributed by atoms with Gasteiger partial charge in [0.2, 0.25) is 21.7 Å². The minimum atomic E-state index is -4.27. The highest BCUT2D eigenvalue weighted by Gasteiger charge is 2.28.